The molecule has 0 radical (unpaired) electrons. The molecule has 0 saturated heterocycles. The first-order chi connectivity index (χ1) is 19.4. The number of amides is 3. The largest absolute Gasteiger partial charge is 0.321 e. The molecule has 0 aliphatic rings. The number of anilines is 2. The maximum absolute atomic E-state index is 13.4. The zero-order chi connectivity index (χ0) is 28.3. The van der Waals surface area contributed by atoms with Crippen molar-refractivity contribution >= 4 is 58.7 Å². The van der Waals surface area contributed by atoms with Gasteiger partial charge in [-0.3, -0.25) is 14.4 Å². The molecule has 7 nitrogen and oxygen atoms in total. The summed E-state index contributed by atoms with van der Waals surface area (Å²) in [6, 6.07) is 28.1. The Morgan fingerprint density at radius 2 is 1.65 bits per heavy atom. The Balaban J connectivity index is 1.50. The highest BCUT2D eigenvalue weighted by atomic mass is 35.5. The summed E-state index contributed by atoms with van der Waals surface area (Å²) in [6.45, 7) is 1.94. The van der Waals surface area contributed by atoms with Crippen molar-refractivity contribution in [3.05, 3.63) is 125 Å². The van der Waals surface area contributed by atoms with E-state index < -0.39 is 11.8 Å². The third kappa shape index (κ3) is 8.30. The number of nitrogens with zero attached hydrogens (tertiary/aromatic N) is 1. The number of carbonyl (C=O) groups is 3. The van der Waals surface area contributed by atoms with Gasteiger partial charge < -0.3 is 16.0 Å². The number of thioether (sulfide) groups is 1. The summed E-state index contributed by atoms with van der Waals surface area (Å²) in [5.74, 6) is -0.575. The van der Waals surface area contributed by atoms with Gasteiger partial charge in [-0.15, -0.1) is 11.8 Å². The summed E-state index contributed by atoms with van der Waals surface area (Å²) >= 11 is 7.39. The lowest BCUT2D eigenvalue weighted by atomic mass is 10.1. The van der Waals surface area contributed by atoms with Gasteiger partial charge in [-0.05, 0) is 72.7 Å². The van der Waals surface area contributed by atoms with Gasteiger partial charge >= 0.3 is 0 Å². The number of aromatic nitrogens is 1. The summed E-state index contributed by atoms with van der Waals surface area (Å²) in [4.78, 5) is 44.0. The van der Waals surface area contributed by atoms with Crippen LogP contribution in [0, 0.1) is 0 Å². The molecule has 1 atom stereocenters. The van der Waals surface area contributed by atoms with Crippen LogP contribution in [0.3, 0.4) is 0 Å². The van der Waals surface area contributed by atoms with Gasteiger partial charge in [0.15, 0.2) is 0 Å². The van der Waals surface area contributed by atoms with Crippen LogP contribution in [0.15, 0.2) is 114 Å². The molecule has 4 aromatic rings. The molecular weight excluding hydrogens is 544 g/mol. The highest BCUT2D eigenvalue weighted by molar-refractivity contribution is 8.00. The monoisotopic (exact) mass is 570 g/mol. The van der Waals surface area contributed by atoms with Crippen molar-refractivity contribution in [1.29, 1.82) is 0 Å². The second kappa shape index (κ2) is 14.1. The second-order valence-corrected chi connectivity index (χ2v) is 10.3. The van der Waals surface area contributed by atoms with E-state index in [4.69, 9.17) is 11.6 Å². The van der Waals surface area contributed by atoms with Gasteiger partial charge in [0.05, 0.1) is 5.25 Å². The van der Waals surface area contributed by atoms with Crippen LogP contribution in [-0.4, -0.2) is 28.0 Å². The van der Waals surface area contributed by atoms with E-state index in [1.165, 1.54) is 11.8 Å². The van der Waals surface area contributed by atoms with Crippen LogP contribution in [-0.2, 0) is 9.59 Å². The van der Waals surface area contributed by atoms with Crippen LogP contribution in [0.5, 0.6) is 0 Å². The number of pyridine rings is 1. The minimum absolute atomic E-state index is 0.0652. The summed E-state index contributed by atoms with van der Waals surface area (Å²) in [5.41, 5.74) is 1.70. The molecular formula is C31H27ClN4O3S. The maximum atomic E-state index is 13.4. The molecule has 40 heavy (non-hydrogen) atoms. The predicted octanol–water partition coefficient (Wildman–Crippen LogP) is 6.65. The van der Waals surface area contributed by atoms with Crippen molar-refractivity contribution in [2.24, 2.45) is 0 Å². The number of hydrogen-bond acceptors (Lipinski definition) is 5. The number of benzene rings is 3. The molecule has 1 aromatic heterocycles. The quantitative estimate of drug-likeness (QED) is 0.146. The zero-order valence-corrected chi connectivity index (χ0v) is 23.2. The van der Waals surface area contributed by atoms with Crippen molar-refractivity contribution in [3.63, 3.8) is 0 Å². The molecule has 1 unspecified atom stereocenters. The molecule has 0 saturated carbocycles. The minimum Gasteiger partial charge on any atom is -0.321 e. The average molecular weight is 571 g/mol. The highest BCUT2D eigenvalue weighted by Gasteiger charge is 2.19. The summed E-state index contributed by atoms with van der Waals surface area (Å²) in [7, 11) is 0. The lowest BCUT2D eigenvalue weighted by Gasteiger charge is -2.15. The fourth-order valence-corrected chi connectivity index (χ4v) is 4.78. The molecule has 3 N–H and O–H groups in total. The fourth-order valence-electron chi connectivity index (χ4n) is 3.64. The first kappa shape index (κ1) is 28.6. The van der Waals surface area contributed by atoms with E-state index in [-0.39, 0.29) is 16.9 Å². The number of nitrogens with one attached hydrogen (secondary N) is 3. The van der Waals surface area contributed by atoms with Crippen LogP contribution in [0.25, 0.3) is 6.08 Å². The topological polar surface area (TPSA) is 100 Å². The van der Waals surface area contributed by atoms with Gasteiger partial charge in [-0.2, -0.15) is 0 Å². The Hall–Kier alpha value is -4.40. The van der Waals surface area contributed by atoms with Crippen LogP contribution in [0.2, 0.25) is 5.02 Å². The van der Waals surface area contributed by atoms with E-state index >= 15 is 0 Å². The van der Waals surface area contributed by atoms with Gasteiger partial charge in [0, 0.05) is 27.4 Å². The smallest absolute Gasteiger partial charge is 0.272 e. The summed E-state index contributed by atoms with van der Waals surface area (Å²) < 4.78 is 0. The molecule has 202 valence electrons. The van der Waals surface area contributed by atoms with E-state index in [0.717, 1.165) is 4.90 Å². The molecule has 3 amide bonds. The van der Waals surface area contributed by atoms with Crippen molar-refractivity contribution in [3.8, 4) is 0 Å². The molecule has 0 spiro atoms. The van der Waals surface area contributed by atoms with Gasteiger partial charge in [-0.25, -0.2) is 4.98 Å². The molecule has 1 heterocycles. The molecule has 0 aliphatic carbocycles. The first-order valence-corrected chi connectivity index (χ1v) is 13.8. The maximum Gasteiger partial charge on any atom is 0.272 e. The first-order valence-electron chi connectivity index (χ1n) is 12.5. The predicted molar refractivity (Wildman–Crippen MR) is 161 cm³/mol. The molecule has 0 fully saturated rings. The Morgan fingerprint density at radius 1 is 0.900 bits per heavy atom. The Morgan fingerprint density at radius 3 is 2.35 bits per heavy atom. The van der Waals surface area contributed by atoms with Crippen LogP contribution >= 0.6 is 23.4 Å². The lowest BCUT2D eigenvalue weighted by molar-refractivity contribution is -0.116. The summed E-state index contributed by atoms with van der Waals surface area (Å²) in [5, 5.41) is 8.62. The van der Waals surface area contributed by atoms with Crippen molar-refractivity contribution in [1.82, 2.24) is 10.3 Å². The second-order valence-electron chi connectivity index (χ2n) is 8.63. The van der Waals surface area contributed by atoms with Crippen LogP contribution in [0.4, 0.5) is 11.5 Å². The molecule has 4 rings (SSSR count). The van der Waals surface area contributed by atoms with Crippen LogP contribution < -0.4 is 16.0 Å². The van der Waals surface area contributed by atoms with Crippen molar-refractivity contribution < 1.29 is 14.4 Å². The van der Waals surface area contributed by atoms with Crippen LogP contribution in [0.1, 0.15) is 29.3 Å². The average Bonchev–Trinajstić information content (AvgIpc) is 2.97. The minimum atomic E-state index is -0.499. The number of hydrogen-bond donors (Lipinski definition) is 3. The highest BCUT2D eigenvalue weighted by Crippen LogP contribution is 2.28. The molecule has 3 aromatic carbocycles. The molecule has 9 heteroatoms. The molecule has 0 aliphatic heterocycles. The third-order valence-corrected chi connectivity index (χ3v) is 7.27. The Kier molecular flexibility index (Phi) is 10.1. The number of carbonyl (C=O) groups excluding carboxylic acids is 3. The third-order valence-electron chi connectivity index (χ3n) is 5.66. The standard InChI is InChI=1S/C31H27ClN4O3S/c1-2-27(31(39)36-28-13-6-7-18-33-28)40-25-12-8-11-24(20-25)34-30(38)26(19-21-14-16-23(32)17-15-21)35-29(37)22-9-4-3-5-10-22/h3-20,27H,2H2,1H3,(H,34,38)(H,35,37)(H,33,36,39)/b26-19-. The molecule has 0 bridgehead atoms. The lowest BCUT2D eigenvalue weighted by Crippen LogP contribution is -2.30. The van der Waals surface area contributed by atoms with E-state index in [9.17, 15) is 14.4 Å². The van der Waals surface area contributed by atoms with Gasteiger partial charge in [0.1, 0.15) is 11.5 Å². The van der Waals surface area contributed by atoms with E-state index in [1.807, 2.05) is 19.1 Å². The Bertz CT molecular complexity index is 1500. The van der Waals surface area contributed by atoms with Gasteiger partial charge in [0.25, 0.3) is 11.8 Å². The van der Waals surface area contributed by atoms with Crippen molar-refractivity contribution in [2.45, 2.75) is 23.5 Å². The van der Waals surface area contributed by atoms with E-state index in [2.05, 4.69) is 20.9 Å². The van der Waals surface area contributed by atoms with Gasteiger partial charge in [-0.1, -0.05) is 61.0 Å². The number of rotatable bonds is 10. The fraction of sp³-hybridized carbons (Fsp3) is 0.0968. The number of halogens is 1. The Labute approximate surface area is 242 Å². The SMILES string of the molecule is CCC(Sc1cccc(NC(=O)/C(=C/c2ccc(Cl)cc2)NC(=O)c2ccccc2)c1)C(=O)Nc1ccccn1. The summed E-state index contributed by atoms with van der Waals surface area (Å²) in [6.07, 6.45) is 3.80. The van der Waals surface area contributed by atoms with Gasteiger partial charge in [0.2, 0.25) is 5.91 Å². The zero-order valence-electron chi connectivity index (χ0n) is 21.6. The van der Waals surface area contributed by atoms with E-state index in [0.29, 0.717) is 34.1 Å². The van der Waals surface area contributed by atoms with E-state index in [1.54, 1.807) is 97.2 Å². The normalized spacial score (nSPS) is 11.8. The van der Waals surface area contributed by atoms with Crippen molar-refractivity contribution in [2.75, 3.05) is 10.6 Å².